The molecule has 0 aromatic carbocycles. The first kappa shape index (κ1) is 20.2. The van der Waals surface area contributed by atoms with Crippen LogP contribution in [0.15, 0.2) is 30.3 Å². The summed E-state index contributed by atoms with van der Waals surface area (Å²) in [6.45, 7) is 11.8. The van der Waals surface area contributed by atoms with Crippen molar-refractivity contribution in [3.05, 3.63) is 35.9 Å². The van der Waals surface area contributed by atoms with E-state index < -0.39 is 8.07 Å². The van der Waals surface area contributed by atoms with Gasteiger partial charge in [0.25, 0.3) is 0 Å². The molecule has 7 heteroatoms. The highest BCUT2D eigenvalue weighted by atomic mass is 28.3. The van der Waals surface area contributed by atoms with Crippen molar-refractivity contribution in [2.75, 3.05) is 13.2 Å². The SMILES string of the molecule is CCOc1ccnc2c1c(C(=O)/C=C(/C)O)cn2COCC[Si](C)(C)C. The summed E-state index contributed by atoms with van der Waals surface area (Å²) in [4.78, 5) is 16.9. The van der Waals surface area contributed by atoms with Crippen molar-refractivity contribution in [1.29, 1.82) is 0 Å². The highest BCUT2D eigenvalue weighted by Crippen LogP contribution is 2.30. The maximum absolute atomic E-state index is 12.5. The molecule has 2 heterocycles. The molecule has 0 aliphatic rings. The number of aliphatic hydroxyl groups is 1. The number of fused-ring (bicyclic) bond motifs is 1. The van der Waals surface area contributed by atoms with Gasteiger partial charge >= 0.3 is 0 Å². The van der Waals surface area contributed by atoms with E-state index in [2.05, 4.69) is 24.6 Å². The zero-order chi connectivity index (χ0) is 19.3. The fourth-order valence-corrected chi connectivity index (χ4v) is 3.31. The molecule has 142 valence electrons. The molecule has 0 saturated heterocycles. The normalized spacial score (nSPS) is 12.6. The van der Waals surface area contributed by atoms with E-state index >= 15 is 0 Å². The number of aliphatic hydroxyl groups excluding tert-OH is 1. The van der Waals surface area contributed by atoms with Crippen LogP contribution in [-0.4, -0.2) is 41.7 Å². The van der Waals surface area contributed by atoms with Crippen molar-refractivity contribution in [3.8, 4) is 5.75 Å². The summed E-state index contributed by atoms with van der Waals surface area (Å²) < 4.78 is 13.3. The first-order chi connectivity index (χ1) is 12.2. The van der Waals surface area contributed by atoms with Gasteiger partial charge in [0, 0.05) is 33.2 Å². The lowest BCUT2D eigenvalue weighted by molar-refractivity contribution is 0.0896. The van der Waals surface area contributed by atoms with E-state index in [-0.39, 0.29) is 11.5 Å². The van der Waals surface area contributed by atoms with Gasteiger partial charge in [-0.3, -0.25) is 4.79 Å². The number of hydrogen-bond acceptors (Lipinski definition) is 5. The molecular formula is C19H28N2O4Si. The molecule has 26 heavy (non-hydrogen) atoms. The molecule has 0 fully saturated rings. The number of nitrogens with zero attached hydrogens (tertiary/aromatic N) is 2. The lowest BCUT2D eigenvalue weighted by Gasteiger charge is -2.15. The van der Waals surface area contributed by atoms with Crippen molar-refractivity contribution < 1.29 is 19.4 Å². The lowest BCUT2D eigenvalue weighted by Crippen LogP contribution is -2.22. The van der Waals surface area contributed by atoms with E-state index in [1.807, 2.05) is 11.5 Å². The molecule has 2 aromatic heterocycles. The van der Waals surface area contributed by atoms with E-state index in [1.165, 1.54) is 13.0 Å². The Kier molecular flexibility index (Phi) is 6.61. The van der Waals surface area contributed by atoms with Gasteiger partial charge in [-0.15, -0.1) is 0 Å². The molecule has 0 amide bonds. The molecule has 0 radical (unpaired) electrons. The molecule has 0 aliphatic heterocycles. The number of carbonyl (C=O) groups is 1. The highest BCUT2D eigenvalue weighted by Gasteiger charge is 2.19. The molecule has 2 aromatic rings. The van der Waals surface area contributed by atoms with Crippen LogP contribution in [0.3, 0.4) is 0 Å². The predicted molar refractivity (Wildman–Crippen MR) is 106 cm³/mol. The Balaban J connectivity index is 2.37. The zero-order valence-electron chi connectivity index (χ0n) is 16.2. The van der Waals surface area contributed by atoms with E-state index in [9.17, 15) is 9.90 Å². The van der Waals surface area contributed by atoms with Gasteiger partial charge < -0.3 is 19.1 Å². The smallest absolute Gasteiger partial charge is 0.191 e. The van der Waals surface area contributed by atoms with Crippen LogP contribution >= 0.6 is 0 Å². The first-order valence-electron chi connectivity index (χ1n) is 8.83. The summed E-state index contributed by atoms with van der Waals surface area (Å²) in [5.41, 5.74) is 1.08. The van der Waals surface area contributed by atoms with Gasteiger partial charge in [-0.1, -0.05) is 19.6 Å². The Morgan fingerprint density at radius 3 is 2.73 bits per heavy atom. The number of carbonyl (C=O) groups excluding carboxylic acids is 1. The van der Waals surface area contributed by atoms with Crippen LogP contribution < -0.4 is 4.74 Å². The second-order valence-corrected chi connectivity index (χ2v) is 13.1. The van der Waals surface area contributed by atoms with Gasteiger partial charge in [-0.25, -0.2) is 4.98 Å². The summed E-state index contributed by atoms with van der Waals surface area (Å²) >= 11 is 0. The average Bonchev–Trinajstić information content (AvgIpc) is 2.90. The number of rotatable bonds is 9. The van der Waals surface area contributed by atoms with Crippen molar-refractivity contribution in [1.82, 2.24) is 9.55 Å². The molecule has 6 nitrogen and oxygen atoms in total. The molecule has 0 unspecified atom stereocenters. The second-order valence-electron chi connectivity index (χ2n) is 7.45. The zero-order valence-corrected chi connectivity index (χ0v) is 17.2. The van der Waals surface area contributed by atoms with Crippen LogP contribution in [0, 0.1) is 0 Å². The van der Waals surface area contributed by atoms with Crippen molar-refractivity contribution in [3.63, 3.8) is 0 Å². The third-order valence-corrected chi connectivity index (χ3v) is 5.56. The fourth-order valence-electron chi connectivity index (χ4n) is 2.56. The number of hydrogen-bond donors (Lipinski definition) is 1. The Morgan fingerprint density at radius 1 is 1.38 bits per heavy atom. The molecule has 0 saturated carbocycles. The van der Waals surface area contributed by atoms with Gasteiger partial charge in [-0.2, -0.15) is 0 Å². The second kappa shape index (κ2) is 8.51. The van der Waals surface area contributed by atoms with E-state index in [0.717, 1.165) is 6.04 Å². The number of ether oxygens (including phenoxy) is 2. The quantitative estimate of drug-likeness (QED) is 0.231. The molecular weight excluding hydrogens is 348 g/mol. The van der Waals surface area contributed by atoms with Crippen molar-refractivity contribution in [2.24, 2.45) is 0 Å². The molecule has 0 aliphatic carbocycles. The highest BCUT2D eigenvalue weighted by molar-refractivity contribution is 6.76. The topological polar surface area (TPSA) is 73.6 Å². The minimum Gasteiger partial charge on any atom is -0.512 e. The largest absolute Gasteiger partial charge is 0.512 e. The molecule has 0 spiro atoms. The van der Waals surface area contributed by atoms with Gasteiger partial charge in [0.1, 0.15) is 18.1 Å². The molecule has 0 atom stereocenters. The maximum atomic E-state index is 12.5. The molecule has 2 rings (SSSR count). The van der Waals surface area contributed by atoms with Gasteiger partial charge in [-0.05, 0) is 26.0 Å². The third kappa shape index (κ3) is 5.19. The van der Waals surface area contributed by atoms with Crippen LogP contribution in [0.25, 0.3) is 11.0 Å². The predicted octanol–water partition coefficient (Wildman–Crippen LogP) is 4.39. The summed E-state index contributed by atoms with van der Waals surface area (Å²) in [5, 5.41) is 10.1. The number of ketones is 1. The minimum absolute atomic E-state index is 0.0378. The fraction of sp³-hybridized carbons (Fsp3) is 0.474. The first-order valence-corrected chi connectivity index (χ1v) is 12.5. The number of allylic oxidation sites excluding steroid dienone is 2. The molecule has 1 N–H and O–H groups in total. The Bertz CT molecular complexity index is 802. The van der Waals surface area contributed by atoms with Crippen molar-refractivity contribution in [2.45, 2.75) is 46.3 Å². The Morgan fingerprint density at radius 2 is 2.12 bits per heavy atom. The van der Waals surface area contributed by atoms with Crippen LogP contribution in [0.1, 0.15) is 24.2 Å². The lowest BCUT2D eigenvalue weighted by atomic mass is 10.1. The van der Waals surface area contributed by atoms with Crippen molar-refractivity contribution >= 4 is 24.9 Å². The monoisotopic (exact) mass is 376 g/mol. The van der Waals surface area contributed by atoms with Crippen LogP contribution in [-0.2, 0) is 11.5 Å². The average molecular weight is 377 g/mol. The Labute approximate surface area is 155 Å². The van der Waals surface area contributed by atoms with Crippen LogP contribution in [0.5, 0.6) is 5.75 Å². The van der Waals surface area contributed by atoms with E-state index in [1.54, 1.807) is 18.5 Å². The Hall–Kier alpha value is -2.12. The standard InChI is InChI=1S/C19H28N2O4Si/c1-6-25-17-7-8-20-19-18(17)15(16(23)11-14(2)22)12-21(19)13-24-9-10-26(3,4)5/h7-8,11-12,22H,6,9-10,13H2,1-5H3/b14-11-. The summed E-state index contributed by atoms with van der Waals surface area (Å²) in [5.74, 6) is 0.277. The van der Waals surface area contributed by atoms with E-state index in [0.29, 0.717) is 42.3 Å². The van der Waals surface area contributed by atoms with Crippen LogP contribution in [0.4, 0.5) is 0 Å². The van der Waals surface area contributed by atoms with Gasteiger partial charge in [0.05, 0.1) is 23.3 Å². The minimum atomic E-state index is -1.16. The summed E-state index contributed by atoms with van der Waals surface area (Å²) in [6, 6.07) is 2.82. The number of aromatic nitrogens is 2. The number of pyridine rings is 1. The summed E-state index contributed by atoms with van der Waals surface area (Å²) in [7, 11) is -1.16. The van der Waals surface area contributed by atoms with Crippen LogP contribution in [0.2, 0.25) is 25.7 Å². The molecule has 0 bridgehead atoms. The third-order valence-electron chi connectivity index (χ3n) is 3.85. The summed E-state index contributed by atoms with van der Waals surface area (Å²) in [6.07, 6.45) is 4.58. The maximum Gasteiger partial charge on any atom is 0.191 e. The van der Waals surface area contributed by atoms with E-state index in [4.69, 9.17) is 9.47 Å². The van der Waals surface area contributed by atoms with Gasteiger partial charge in [0.15, 0.2) is 5.78 Å². The van der Waals surface area contributed by atoms with Gasteiger partial charge in [0.2, 0.25) is 0 Å².